The number of aliphatic hydroxyl groups excluding tert-OH is 2. The van der Waals surface area contributed by atoms with Gasteiger partial charge in [0.25, 0.3) is 0 Å². The molecule has 2 fully saturated rings. The molecule has 2 saturated heterocycles. The van der Waals surface area contributed by atoms with Gasteiger partial charge in [-0.2, -0.15) is 0 Å². The average molecular weight is 244 g/mol. The van der Waals surface area contributed by atoms with Crippen molar-refractivity contribution in [3.05, 3.63) is 0 Å². The smallest absolute Gasteiger partial charge is 0.0615 e. The molecule has 0 aromatic heterocycles. The first-order valence-electron chi connectivity index (χ1n) is 6.69. The molecule has 2 heterocycles. The Kier molecular flexibility index (Phi) is 8.39. The standard InChI is InChI=1S/C9H16N2O.C2H6O.C2H6/c10-5-8-4-9(7-12)2-1-3-11(9)6-8;1-2-3;1-2/h5,8,10,12H,1-4,6-7H2;3H,2H2,1H3;1-2H3/t8-,9+;;/m1../s1. The predicted molar refractivity (Wildman–Crippen MR) is 71.6 cm³/mol. The van der Waals surface area contributed by atoms with E-state index < -0.39 is 0 Å². The summed E-state index contributed by atoms with van der Waals surface area (Å²) in [5, 5.41) is 24.1. The summed E-state index contributed by atoms with van der Waals surface area (Å²) in [4.78, 5) is 2.36. The fraction of sp³-hybridized carbons (Fsp3) is 0.923. The van der Waals surface area contributed by atoms with Crippen LogP contribution in [-0.4, -0.2) is 53.2 Å². The Hall–Kier alpha value is -0.450. The maximum absolute atomic E-state index is 9.32. The van der Waals surface area contributed by atoms with Gasteiger partial charge in [0.1, 0.15) is 0 Å². The minimum absolute atomic E-state index is 0.0578. The first-order valence-corrected chi connectivity index (χ1v) is 6.69. The van der Waals surface area contributed by atoms with Crippen LogP contribution >= 0.6 is 0 Å². The highest BCUT2D eigenvalue weighted by atomic mass is 16.3. The fourth-order valence-corrected chi connectivity index (χ4v) is 2.70. The van der Waals surface area contributed by atoms with Crippen LogP contribution in [0.5, 0.6) is 0 Å². The van der Waals surface area contributed by atoms with E-state index in [2.05, 4.69) is 4.90 Å². The highest BCUT2D eigenvalue weighted by Gasteiger charge is 2.47. The summed E-state index contributed by atoms with van der Waals surface area (Å²) in [5.41, 5.74) is 0.0578. The zero-order valence-electron chi connectivity index (χ0n) is 11.4. The maximum Gasteiger partial charge on any atom is 0.0615 e. The van der Waals surface area contributed by atoms with Crippen LogP contribution < -0.4 is 0 Å². The van der Waals surface area contributed by atoms with Crippen molar-refractivity contribution < 1.29 is 10.2 Å². The van der Waals surface area contributed by atoms with Crippen LogP contribution in [0, 0.1) is 11.3 Å². The number of nitrogens with zero attached hydrogens (tertiary/aromatic N) is 1. The van der Waals surface area contributed by atoms with Crippen molar-refractivity contribution in [2.24, 2.45) is 5.92 Å². The van der Waals surface area contributed by atoms with Gasteiger partial charge in [-0.1, -0.05) is 13.8 Å². The molecular formula is C13H28N2O2. The van der Waals surface area contributed by atoms with Crippen LogP contribution in [0.3, 0.4) is 0 Å². The molecular weight excluding hydrogens is 216 g/mol. The fourth-order valence-electron chi connectivity index (χ4n) is 2.70. The molecule has 0 aliphatic carbocycles. The number of fused-ring (bicyclic) bond motifs is 1. The summed E-state index contributed by atoms with van der Waals surface area (Å²) >= 11 is 0. The van der Waals surface area contributed by atoms with E-state index in [-0.39, 0.29) is 18.8 Å². The van der Waals surface area contributed by atoms with Crippen molar-refractivity contribution in [1.82, 2.24) is 4.90 Å². The van der Waals surface area contributed by atoms with Gasteiger partial charge in [-0.25, -0.2) is 0 Å². The zero-order valence-corrected chi connectivity index (χ0v) is 11.4. The largest absolute Gasteiger partial charge is 0.397 e. The first kappa shape index (κ1) is 16.6. The van der Waals surface area contributed by atoms with Crippen LogP contribution in [0.1, 0.15) is 40.0 Å². The highest BCUT2D eigenvalue weighted by molar-refractivity contribution is 5.58. The summed E-state index contributed by atoms with van der Waals surface area (Å²) in [5.74, 6) is 0.387. The van der Waals surface area contributed by atoms with Crippen LogP contribution in [-0.2, 0) is 0 Å². The molecule has 3 N–H and O–H groups in total. The molecule has 4 heteroatoms. The Morgan fingerprint density at radius 2 is 2.00 bits per heavy atom. The average Bonchev–Trinajstić information content (AvgIpc) is 2.89. The number of hydrogen-bond acceptors (Lipinski definition) is 4. The third-order valence-corrected chi connectivity index (χ3v) is 3.37. The summed E-state index contributed by atoms with van der Waals surface area (Å²) in [7, 11) is 0. The lowest BCUT2D eigenvalue weighted by Gasteiger charge is -2.29. The van der Waals surface area contributed by atoms with Gasteiger partial charge in [-0.15, -0.1) is 0 Å². The molecule has 0 aromatic carbocycles. The van der Waals surface area contributed by atoms with Gasteiger partial charge >= 0.3 is 0 Å². The monoisotopic (exact) mass is 244 g/mol. The number of hydrogen-bond donors (Lipinski definition) is 3. The van der Waals surface area contributed by atoms with E-state index in [1.165, 1.54) is 12.6 Å². The van der Waals surface area contributed by atoms with E-state index in [4.69, 9.17) is 10.5 Å². The van der Waals surface area contributed by atoms with E-state index in [0.29, 0.717) is 5.92 Å². The first-order chi connectivity index (χ1) is 8.22. The molecule has 0 saturated carbocycles. The second-order valence-corrected chi connectivity index (χ2v) is 4.38. The predicted octanol–water partition coefficient (Wildman–Crippen LogP) is 1.51. The molecule has 2 aliphatic rings. The molecule has 2 atom stereocenters. The van der Waals surface area contributed by atoms with Crippen molar-refractivity contribution in [1.29, 1.82) is 5.41 Å². The lowest BCUT2D eigenvalue weighted by atomic mass is 9.91. The molecule has 0 aromatic rings. The zero-order chi connectivity index (χ0) is 13.3. The van der Waals surface area contributed by atoms with Crippen LogP contribution in [0.2, 0.25) is 0 Å². The molecule has 2 aliphatic heterocycles. The van der Waals surface area contributed by atoms with Crippen LogP contribution in [0.4, 0.5) is 0 Å². The third-order valence-electron chi connectivity index (χ3n) is 3.37. The Bertz CT molecular complexity index is 212. The van der Waals surface area contributed by atoms with E-state index in [0.717, 1.165) is 25.9 Å². The van der Waals surface area contributed by atoms with Gasteiger partial charge in [0.2, 0.25) is 0 Å². The van der Waals surface area contributed by atoms with Gasteiger partial charge in [0.05, 0.1) is 6.61 Å². The van der Waals surface area contributed by atoms with Crippen molar-refractivity contribution in [3.63, 3.8) is 0 Å². The molecule has 0 bridgehead atoms. The van der Waals surface area contributed by atoms with Gasteiger partial charge in [0.15, 0.2) is 0 Å². The van der Waals surface area contributed by atoms with Gasteiger partial charge in [0, 0.05) is 24.6 Å². The lowest BCUT2D eigenvalue weighted by molar-refractivity contribution is 0.0998. The molecule has 102 valence electrons. The van der Waals surface area contributed by atoms with Crippen molar-refractivity contribution in [2.45, 2.75) is 45.6 Å². The summed E-state index contributed by atoms with van der Waals surface area (Å²) in [6.45, 7) is 8.31. The summed E-state index contributed by atoms with van der Waals surface area (Å²) in [6.07, 6.45) is 4.86. The molecule has 0 spiro atoms. The molecule has 0 amide bonds. The Morgan fingerprint density at radius 1 is 1.41 bits per heavy atom. The maximum atomic E-state index is 9.32. The van der Waals surface area contributed by atoms with Crippen molar-refractivity contribution in [3.8, 4) is 0 Å². The lowest BCUT2D eigenvalue weighted by Crippen LogP contribution is -2.41. The van der Waals surface area contributed by atoms with Gasteiger partial charge in [-0.3, -0.25) is 4.90 Å². The van der Waals surface area contributed by atoms with E-state index in [9.17, 15) is 5.11 Å². The van der Waals surface area contributed by atoms with Crippen LogP contribution in [0.15, 0.2) is 0 Å². The van der Waals surface area contributed by atoms with E-state index in [1.807, 2.05) is 13.8 Å². The number of aliphatic hydroxyl groups is 2. The minimum Gasteiger partial charge on any atom is -0.397 e. The third kappa shape index (κ3) is 4.05. The van der Waals surface area contributed by atoms with Crippen molar-refractivity contribution >= 4 is 6.21 Å². The topological polar surface area (TPSA) is 67.5 Å². The van der Waals surface area contributed by atoms with E-state index >= 15 is 0 Å². The highest BCUT2D eigenvalue weighted by Crippen LogP contribution is 2.40. The van der Waals surface area contributed by atoms with Crippen LogP contribution in [0.25, 0.3) is 0 Å². The Labute approximate surface area is 105 Å². The Morgan fingerprint density at radius 3 is 2.41 bits per heavy atom. The molecule has 0 radical (unpaired) electrons. The van der Waals surface area contributed by atoms with Crippen molar-refractivity contribution in [2.75, 3.05) is 26.3 Å². The van der Waals surface area contributed by atoms with E-state index in [1.54, 1.807) is 6.92 Å². The SMILES string of the molecule is CC.CCO.N=C[C@@H]1CN2CCC[C@@]2(CO)C1. The summed E-state index contributed by atoms with van der Waals surface area (Å²) < 4.78 is 0. The second-order valence-electron chi connectivity index (χ2n) is 4.38. The van der Waals surface area contributed by atoms with Gasteiger partial charge in [-0.05, 0) is 38.9 Å². The molecule has 4 nitrogen and oxygen atoms in total. The molecule has 17 heavy (non-hydrogen) atoms. The second kappa shape index (κ2) is 8.61. The van der Waals surface area contributed by atoms with Gasteiger partial charge < -0.3 is 15.6 Å². The molecule has 0 unspecified atom stereocenters. The number of nitrogens with one attached hydrogen (secondary N) is 1. The minimum atomic E-state index is 0.0578. The number of rotatable bonds is 2. The molecule has 2 rings (SSSR count). The Balaban J connectivity index is 0.000000450. The normalized spacial score (nSPS) is 30.8. The summed E-state index contributed by atoms with van der Waals surface area (Å²) in [6, 6.07) is 0. The quantitative estimate of drug-likeness (QED) is 0.645.